The van der Waals surface area contributed by atoms with Crippen molar-refractivity contribution < 1.29 is 23.9 Å². The molecule has 0 N–H and O–H groups in total. The van der Waals surface area contributed by atoms with Crippen molar-refractivity contribution in [3.8, 4) is 0 Å². The second kappa shape index (κ2) is 10.00. The Morgan fingerprint density at radius 1 is 0.941 bits per heavy atom. The molecule has 1 aliphatic carbocycles. The molecule has 2 aliphatic rings. The van der Waals surface area contributed by atoms with Gasteiger partial charge in [0.2, 0.25) is 5.91 Å². The predicted octanol–water partition coefficient (Wildman–Crippen LogP) is 4.46. The minimum absolute atomic E-state index is 0.0962. The van der Waals surface area contributed by atoms with Gasteiger partial charge in [0.1, 0.15) is 6.04 Å². The van der Waals surface area contributed by atoms with Crippen molar-refractivity contribution in [3.05, 3.63) is 71.8 Å². The maximum absolute atomic E-state index is 13.5. The smallest absolute Gasteiger partial charge is 0.320 e. The Balaban J connectivity index is 1.92. The fourth-order valence-corrected chi connectivity index (χ4v) is 5.88. The second-order valence-corrected chi connectivity index (χ2v) is 9.39. The molecule has 2 aromatic rings. The van der Waals surface area contributed by atoms with E-state index in [4.69, 9.17) is 9.47 Å². The van der Waals surface area contributed by atoms with Crippen molar-refractivity contribution in [2.75, 3.05) is 7.11 Å². The van der Waals surface area contributed by atoms with Crippen LogP contribution in [0.1, 0.15) is 57.1 Å². The number of hydrogen-bond acceptors (Lipinski definition) is 5. The van der Waals surface area contributed by atoms with Gasteiger partial charge in [-0.25, -0.2) is 0 Å². The summed E-state index contributed by atoms with van der Waals surface area (Å²) in [6.07, 6.45) is 5.55. The lowest BCUT2D eigenvalue weighted by Gasteiger charge is -2.57. The lowest BCUT2D eigenvalue weighted by atomic mass is 9.67. The molecule has 0 bridgehead atoms. The van der Waals surface area contributed by atoms with E-state index in [1.54, 1.807) is 4.90 Å². The molecule has 0 radical (unpaired) electrons. The van der Waals surface area contributed by atoms with Gasteiger partial charge in [0.15, 0.2) is 11.5 Å². The number of methoxy groups -OCH3 is 1. The molecule has 2 aromatic carbocycles. The van der Waals surface area contributed by atoms with E-state index in [-0.39, 0.29) is 11.9 Å². The summed E-state index contributed by atoms with van der Waals surface area (Å²) in [7, 11) is 1.29. The zero-order valence-corrected chi connectivity index (χ0v) is 20.1. The molecule has 1 heterocycles. The topological polar surface area (TPSA) is 72.9 Å². The van der Waals surface area contributed by atoms with Gasteiger partial charge < -0.3 is 14.4 Å². The molecule has 6 nitrogen and oxygen atoms in total. The highest BCUT2D eigenvalue weighted by atomic mass is 16.6. The lowest BCUT2D eigenvalue weighted by Crippen LogP contribution is -2.74. The zero-order chi connectivity index (χ0) is 24.3. The van der Waals surface area contributed by atoms with E-state index in [2.05, 4.69) is 6.92 Å². The summed E-state index contributed by atoms with van der Waals surface area (Å²) in [5, 5.41) is 0. The number of carbonyl (C=O) groups is 3. The first kappa shape index (κ1) is 24.0. The molecule has 1 saturated heterocycles. The van der Waals surface area contributed by atoms with Crippen LogP contribution < -0.4 is 0 Å². The highest BCUT2D eigenvalue weighted by molar-refractivity contribution is 6.04. The van der Waals surface area contributed by atoms with Gasteiger partial charge in [-0.3, -0.25) is 14.4 Å². The van der Waals surface area contributed by atoms with Crippen LogP contribution >= 0.6 is 0 Å². The first-order chi connectivity index (χ1) is 16.4. The average Bonchev–Trinajstić information content (AvgIpc) is 2.87. The molecule has 1 aliphatic heterocycles. The zero-order valence-electron chi connectivity index (χ0n) is 20.1. The summed E-state index contributed by atoms with van der Waals surface area (Å²) in [4.78, 5) is 40.9. The molecule has 1 unspecified atom stereocenters. The Morgan fingerprint density at radius 3 is 1.94 bits per heavy atom. The van der Waals surface area contributed by atoms with Crippen molar-refractivity contribution in [1.82, 2.24) is 4.90 Å². The summed E-state index contributed by atoms with van der Waals surface area (Å²) in [5.41, 5.74) is 0.0663. The number of esters is 2. The maximum Gasteiger partial charge on any atom is 0.320 e. The van der Waals surface area contributed by atoms with Crippen LogP contribution in [-0.2, 0) is 29.5 Å². The Morgan fingerprint density at radius 2 is 1.47 bits per heavy atom. The van der Waals surface area contributed by atoms with Crippen LogP contribution in [0.2, 0.25) is 0 Å². The molecule has 1 saturated carbocycles. The van der Waals surface area contributed by atoms with Crippen molar-refractivity contribution in [1.29, 1.82) is 0 Å². The Bertz CT molecular complexity index is 976. The number of carbonyl (C=O) groups excluding carboxylic acids is 3. The first-order valence-electron chi connectivity index (χ1n) is 12.1. The molecule has 180 valence electrons. The molecule has 2 fully saturated rings. The van der Waals surface area contributed by atoms with Gasteiger partial charge in [0.25, 0.3) is 0 Å². The molecular formula is C28H33NO5. The van der Waals surface area contributed by atoms with E-state index in [9.17, 15) is 14.4 Å². The van der Waals surface area contributed by atoms with E-state index in [1.165, 1.54) is 20.5 Å². The summed E-state index contributed by atoms with van der Waals surface area (Å²) < 4.78 is 11.3. The van der Waals surface area contributed by atoms with E-state index in [1.807, 2.05) is 60.7 Å². The van der Waals surface area contributed by atoms with Crippen LogP contribution in [0.5, 0.6) is 0 Å². The van der Waals surface area contributed by atoms with Gasteiger partial charge in [-0.1, -0.05) is 79.9 Å². The summed E-state index contributed by atoms with van der Waals surface area (Å²) in [6.45, 7) is 3.42. The summed E-state index contributed by atoms with van der Waals surface area (Å²) in [5.74, 6) is -2.08. The monoisotopic (exact) mass is 463 g/mol. The normalized spacial score (nSPS) is 22.0. The lowest BCUT2D eigenvalue weighted by molar-refractivity contribution is -0.202. The third kappa shape index (κ3) is 4.10. The molecule has 4 rings (SSSR count). The van der Waals surface area contributed by atoms with E-state index in [0.717, 1.165) is 25.7 Å². The van der Waals surface area contributed by atoms with Gasteiger partial charge in [-0.05, 0) is 25.7 Å². The Kier molecular flexibility index (Phi) is 7.05. The van der Waals surface area contributed by atoms with Crippen LogP contribution in [0.3, 0.4) is 0 Å². The first-order valence-corrected chi connectivity index (χ1v) is 12.1. The van der Waals surface area contributed by atoms with Crippen LogP contribution in [0.25, 0.3) is 0 Å². The minimum Gasteiger partial charge on any atom is -0.468 e. The highest BCUT2D eigenvalue weighted by Crippen LogP contribution is 2.50. The predicted molar refractivity (Wildman–Crippen MR) is 128 cm³/mol. The summed E-state index contributed by atoms with van der Waals surface area (Å²) in [6, 6.07) is 18.0. The molecule has 0 aromatic heterocycles. The molecule has 34 heavy (non-hydrogen) atoms. The van der Waals surface area contributed by atoms with E-state index >= 15 is 0 Å². The van der Waals surface area contributed by atoms with Gasteiger partial charge in [0, 0.05) is 24.1 Å². The van der Waals surface area contributed by atoms with Gasteiger partial charge in [-0.2, -0.15) is 0 Å². The SMILES string of the molecule is COC(=O)[C@H]1C(=O)N(C(C)C2CCCCC2)[C@@H]1C(OC(C)=O)(c1ccccc1)c1ccccc1. The number of amides is 1. The van der Waals surface area contributed by atoms with Crippen molar-refractivity contribution in [2.24, 2.45) is 11.8 Å². The third-order valence-corrected chi connectivity index (χ3v) is 7.49. The Labute approximate surface area is 201 Å². The molecule has 6 heteroatoms. The van der Waals surface area contributed by atoms with Gasteiger partial charge in [-0.15, -0.1) is 0 Å². The fourth-order valence-electron chi connectivity index (χ4n) is 5.88. The van der Waals surface area contributed by atoms with Crippen LogP contribution in [0, 0.1) is 11.8 Å². The summed E-state index contributed by atoms with van der Waals surface area (Å²) >= 11 is 0. The fraction of sp³-hybridized carbons (Fsp3) is 0.464. The third-order valence-electron chi connectivity index (χ3n) is 7.49. The molecular weight excluding hydrogens is 430 g/mol. The number of likely N-dealkylation sites (tertiary alicyclic amines) is 1. The standard InChI is InChI=1S/C28H33NO5/c1-19(21-13-7-4-8-14-21)29-25(24(26(29)31)27(32)33-3)28(34-20(2)30,22-15-9-5-10-16-22)23-17-11-6-12-18-23/h5-6,9-12,15-19,21,24-25H,4,7-8,13-14H2,1-3H3/t19?,24-,25+/m1/s1. The second-order valence-electron chi connectivity index (χ2n) is 9.39. The van der Waals surface area contributed by atoms with Crippen molar-refractivity contribution >= 4 is 17.8 Å². The van der Waals surface area contributed by atoms with E-state index in [0.29, 0.717) is 17.0 Å². The molecule has 3 atom stereocenters. The van der Waals surface area contributed by atoms with Gasteiger partial charge >= 0.3 is 11.9 Å². The van der Waals surface area contributed by atoms with Gasteiger partial charge in [0.05, 0.1) is 7.11 Å². The maximum atomic E-state index is 13.5. The quantitative estimate of drug-likeness (QED) is 0.344. The highest BCUT2D eigenvalue weighted by Gasteiger charge is 2.65. The molecule has 0 spiro atoms. The van der Waals surface area contributed by atoms with E-state index < -0.39 is 29.5 Å². The number of β-lactam (4-membered cyclic amide) rings is 1. The number of rotatable bonds is 7. The Hall–Kier alpha value is -3.15. The molecule has 1 amide bonds. The number of nitrogens with zero attached hydrogens (tertiary/aromatic N) is 1. The van der Waals surface area contributed by atoms with Crippen LogP contribution in [0.15, 0.2) is 60.7 Å². The number of benzene rings is 2. The van der Waals surface area contributed by atoms with Crippen molar-refractivity contribution in [3.63, 3.8) is 0 Å². The largest absolute Gasteiger partial charge is 0.468 e. The minimum atomic E-state index is -1.36. The average molecular weight is 464 g/mol. The number of ether oxygens (including phenoxy) is 2. The number of hydrogen-bond donors (Lipinski definition) is 0. The van der Waals surface area contributed by atoms with Crippen molar-refractivity contribution in [2.45, 2.75) is 63.6 Å². The van der Waals surface area contributed by atoms with Crippen LogP contribution in [-0.4, -0.2) is 41.9 Å². The van der Waals surface area contributed by atoms with Crippen LogP contribution in [0.4, 0.5) is 0 Å².